The highest BCUT2D eigenvalue weighted by molar-refractivity contribution is 5.73. The van der Waals surface area contributed by atoms with Crippen LogP contribution < -0.4 is 0 Å². The Morgan fingerprint density at radius 1 is 0.654 bits per heavy atom. The Hall–Kier alpha value is -2.57. The minimum absolute atomic E-state index is 0.155. The summed E-state index contributed by atoms with van der Waals surface area (Å²) in [7, 11) is 0. The molecule has 0 aromatic rings. The number of esters is 2. The van der Waals surface area contributed by atoms with E-state index in [1.165, 1.54) is 6.92 Å². The monoisotopic (exact) mass is 1120 g/mol. The first-order valence-corrected chi connectivity index (χ1v) is 27.5. The van der Waals surface area contributed by atoms with Crippen molar-refractivity contribution >= 4 is 17.9 Å². The smallest absolute Gasteiger partial charge is 0.335 e. The Morgan fingerprint density at radius 3 is 1.73 bits per heavy atom. The number of ether oxygens (including phenoxy) is 8. The van der Waals surface area contributed by atoms with Gasteiger partial charge in [0.15, 0.2) is 31.1 Å². The van der Waals surface area contributed by atoms with E-state index in [-0.39, 0.29) is 11.8 Å². The molecule has 0 amide bonds. The topological polar surface area (TPSA) is 388 Å². The van der Waals surface area contributed by atoms with Crippen molar-refractivity contribution in [1.29, 1.82) is 0 Å². The van der Waals surface area contributed by atoms with Crippen molar-refractivity contribution in [2.45, 2.75) is 230 Å². The number of hydrogen-bond acceptors (Lipinski definition) is 23. The van der Waals surface area contributed by atoms with Crippen LogP contribution in [-0.2, 0) is 52.3 Å². The van der Waals surface area contributed by atoms with E-state index in [9.17, 15) is 80.8 Å². The van der Waals surface area contributed by atoms with Crippen LogP contribution >= 0.6 is 0 Å². The van der Waals surface area contributed by atoms with Crippen molar-refractivity contribution in [2.24, 2.45) is 56.2 Å². The molecule has 0 unspecified atom stereocenters. The fraction of sp³-hybridized carbons (Fsp3) is 0.907. The van der Waals surface area contributed by atoms with Gasteiger partial charge in [-0.3, -0.25) is 9.59 Å². The van der Waals surface area contributed by atoms with Crippen LogP contribution in [0.15, 0.2) is 11.6 Å². The molecule has 0 bridgehead atoms. The van der Waals surface area contributed by atoms with Crippen molar-refractivity contribution in [3.63, 3.8) is 0 Å². The summed E-state index contributed by atoms with van der Waals surface area (Å²) in [4.78, 5) is 39.1. The maximum Gasteiger partial charge on any atom is 0.335 e. The number of aliphatic hydroxyl groups excluding tert-OH is 12. The molecule has 13 N–H and O–H groups in total. The van der Waals surface area contributed by atoms with E-state index in [1.807, 2.05) is 34.6 Å². The van der Waals surface area contributed by atoms with Gasteiger partial charge in [0, 0.05) is 17.8 Å². The minimum atomic E-state index is -2.19. The summed E-state index contributed by atoms with van der Waals surface area (Å²) in [6.07, 6.45) is -30.2. The number of carbonyl (C=O) groups is 3. The standard InChI is InChI=1S/C54H86O24/c1-21(2)45(70)78-42-43(71-22(3)58)54(20-57)24(17-49(42,4)5)23-11-12-28-51(8)15-14-29(50(6,7)27(51)13-16-52(28,9)53(23,10)40(66)41(54)67)74-48-39(77-47-35(64)33(62)31(60)26(19-56)73-47)37(36(65)38(76-48)44(68)69)75-46-34(63)32(61)30(59)25(18-55)72-46/h11,21,24-43,46-48,55-57,59-67H,12-20H2,1-10H3,(H,68,69)/t24-,25+,26+,27-,28+,29-,30+,31+,32-,33-,34+,35+,36-,37-,38-,39+,40-,41+,42-,43-,46-,47-,48+,51-,52+,53-,54-/m0/s1. The van der Waals surface area contributed by atoms with Gasteiger partial charge in [0.05, 0.1) is 49.5 Å². The maximum atomic E-state index is 13.3. The first kappa shape index (κ1) is 61.5. The Morgan fingerprint density at radius 2 is 1.22 bits per heavy atom. The van der Waals surface area contributed by atoms with Gasteiger partial charge >= 0.3 is 17.9 Å². The van der Waals surface area contributed by atoms with Crippen LogP contribution in [-0.4, -0.2) is 227 Å². The lowest BCUT2D eigenvalue weighted by Gasteiger charge is -2.73. The molecule has 446 valence electrons. The third kappa shape index (κ3) is 9.49. The zero-order chi connectivity index (χ0) is 57.9. The zero-order valence-corrected chi connectivity index (χ0v) is 46.1. The van der Waals surface area contributed by atoms with Crippen LogP contribution in [0.2, 0.25) is 0 Å². The highest BCUT2D eigenvalue weighted by atomic mass is 16.8. The van der Waals surface area contributed by atoms with Gasteiger partial charge in [-0.05, 0) is 72.5 Å². The third-order valence-corrected chi connectivity index (χ3v) is 20.7. The van der Waals surface area contributed by atoms with Crippen molar-refractivity contribution in [3.8, 4) is 0 Å². The summed E-state index contributed by atoms with van der Waals surface area (Å²) in [5, 5.41) is 144. The van der Waals surface area contributed by atoms with Gasteiger partial charge < -0.3 is 104 Å². The molecular weight excluding hydrogens is 1030 g/mol. The van der Waals surface area contributed by atoms with E-state index in [2.05, 4.69) is 19.9 Å². The van der Waals surface area contributed by atoms with E-state index < -0.39 is 205 Å². The summed E-state index contributed by atoms with van der Waals surface area (Å²) >= 11 is 0. The molecule has 27 atom stereocenters. The highest BCUT2D eigenvalue weighted by Crippen LogP contribution is 2.76. The number of allylic oxidation sites excluding steroid dienone is 1. The zero-order valence-electron chi connectivity index (χ0n) is 46.1. The molecule has 0 spiro atoms. The lowest BCUT2D eigenvalue weighted by atomic mass is 9.32. The Labute approximate surface area is 453 Å². The number of aliphatic carboxylic acids is 1. The van der Waals surface area contributed by atoms with Crippen LogP contribution in [0.1, 0.15) is 108 Å². The summed E-state index contributed by atoms with van der Waals surface area (Å²) in [5.74, 6) is -4.45. The SMILES string of the molecule is CC(=O)O[C@H]1[C@H](OC(=O)C(C)C)C(C)(C)C[C@H]2C3=CC[C@@H]4[C@@]5(C)CC[C@H](O[C@@H]6O[C@H](C(=O)O)[C@@H](O)[C@H](O[C@@H]7O[C@H](CO)[C@@H](O)[C@H](O)[C@H]7O)[C@H]6O[C@@H]6O[C@H](CO)[C@@H](O)[C@H](O)[C@H]6O)C(C)(C)[C@@H]5CC[C@@]4(C)[C@]3(C)[C@@H](O)[C@@H](O)[C@]21CO. The Kier molecular flexibility index (Phi) is 17.3. The van der Waals surface area contributed by atoms with Gasteiger partial charge in [0.25, 0.3) is 0 Å². The van der Waals surface area contributed by atoms with Crippen LogP contribution in [0.25, 0.3) is 0 Å². The molecule has 78 heavy (non-hydrogen) atoms. The number of carbonyl (C=O) groups excluding carboxylic acids is 2. The van der Waals surface area contributed by atoms with Crippen LogP contribution in [0.5, 0.6) is 0 Å². The lowest BCUT2D eigenvalue weighted by molar-refractivity contribution is -0.396. The van der Waals surface area contributed by atoms with Gasteiger partial charge in [-0.2, -0.15) is 0 Å². The minimum Gasteiger partial charge on any atom is -0.479 e. The van der Waals surface area contributed by atoms with Gasteiger partial charge in [-0.1, -0.05) is 74.0 Å². The van der Waals surface area contributed by atoms with Crippen molar-refractivity contribution in [2.75, 3.05) is 19.8 Å². The number of fused-ring (bicyclic) bond motifs is 7. The summed E-state index contributed by atoms with van der Waals surface area (Å²) in [5.41, 5.74) is -4.87. The Balaban J connectivity index is 1.13. The molecule has 4 saturated carbocycles. The van der Waals surface area contributed by atoms with Crippen molar-refractivity contribution in [3.05, 3.63) is 11.6 Å². The van der Waals surface area contributed by atoms with Crippen LogP contribution in [0.3, 0.4) is 0 Å². The van der Waals surface area contributed by atoms with E-state index in [0.717, 1.165) is 5.57 Å². The molecule has 3 aliphatic heterocycles. The molecule has 24 heteroatoms. The van der Waals surface area contributed by atoms with Gasteiger partial charge in [-0.25, -0.2) is 4.79 Å². The number of hydrogen-bond donors (Lipinski definition) is 13. The van der Waals surface area contributed by atoms with Crippen LogP contribution in [0, 0.1) is 56.2 Å². The molecule has 0 aromatic carbocycles. The third-order valence-electron chi connectivity index (χ3n) is 20.7. The molecule has 3 heterocycles. The molecule has 0 radical (unpaired) electrons. The number of aliphatic hydroxyl groups is 12. The summed E-state index contributed by atoms with van der Waals surface area (Å²) in [6, 6.07) is 0. The van der Waals surface area contributed by atoms with Gasteiger partial charge in [0.2, 0.25) is 0 Å². The molecule has 7 fully saturated rings. The molecule has 8 aliphatic rings. The first-order valence-electron chi connectivity index (χ1n) is 27.5. The van der Waals surface area contributed by atoms with Crippen molar-refractivity contribution in [1.82, 2.24) is 0 Å². The average molecular weight is 1120 g/mol. The number of rotatable bonds is 13. The lowest BCUT2D eigenvalue weighted by Crippen LogP contribution is -2.76. The maximum absolute atomic E-state index is 13.3. The van der Waals surface area contributed by atoms with Crippen molar-refractivity contribution < 1.29 is 119 Å². The molecule has 0 aromatic heterocycles. The van der Waals surface area contributed by atoms with E-state index in [0.29, 0.717) is 38.5 Å². The predicted molar refractivity (Wildman–Crippen MR) is 264 cm³/mol. The molecule has 5 aliphatic carbocycles. The van der Waals surface area contributed by atoms with E-state index >= 15 is 0 Å². The van der Waals surface area contributed by atoms with E-state index in [4.69, 9.17) is 37.9 Å². The number of carboxylic acids is 1. The highest BCUT2D eigenvalue weighted by Gasteiger charge is 2.76. The second-order valence-corrected chi connectivity index (χ2v) is 25.9. The molecular formula is C54H86O24. The number of carboxylic acid groups (broad SMARTS) is 1. The fourth-order valence-corrected chi connectivity index (χ4v) is 16.2. The second kappa shape index (κ2) is 21.9. The predicted octanol–water partition coefficient (Wildman–Crippen LogP) is -1.63. The summed E-state index contributed by atoms with van der Waals surface area (Å²) < 4.78 is 48.6. The van der Waals surface area contributed by atoms with Gasteiger partial charge in [0.1, 0.15) is 73.2 Å². The van der Waals surface area contributed by atoms with Gasteiger partial charge in [-0.15, -0.1) is 0 Å². The average Bonchev–Trinajstić information content (AvgIpc) is 2.68. The molecule has 8 rings (SSSR count). The van der Waals surface area contributed by atoms with E-state index in [1.54, 1.807) is 13.8 Å². The second-order valence-electron chi connectivity index (χ2n) is 25.9. The van der Waals surface area contributed by atoms with Crippen LogP contribution in [0.4, 0.5) is 0 Å². The first-order chi connectivity index (χ1) is 36.3. The molecule has 3 saturated heterocycles. The Bertz CT molecular complexity index is 2220. The fourth-order valence-electron chi connectivity index (χ4n) is 16.2. The normalized spacial score (nSPS) is 50.7. The largest absolute Gasteiger partial charge is 0.479 e. The quantitative estimate of drug-likeness (QED) is 0.0559. The molecule has 24 nitrogen and oxygen atoms in total. The summed E-state index contributed by atoms with van der Waals surface area (Å²) in [6.45, 7) is 16.2.